The first-order valence-corrected chi connectivity index (χ1v) is 4.44. The summed E-state index contributed by atoms with van der Waals surface area (Å²) in [5, 5.41) is 0. The smallest absolute Gasteiger partial charge is 0.0622 e. The lowest BCUT2D eigenvalue weighted by Gasteiger charge is -1.99. The molecule has 0 saturated carbocycles. The maximum absolute atomic E-state index is 3.02. The zero-order valence-electron chi connectivity index (χ0n) is 8.40. The van der Waals surface area contributed by atoms with Gasteiger partial charge in [0.25, 0.3) is 0 Å². The molecule has 0 bridgehead atoms. The summed E-state index contributed by atoms with van der Waals surface area (Å²) in [4.78, 5) is 0. The van der Waals surface area contributed by atoms with E-state index in [1.54, 1.807) is 0 Å². The Labute approximate surface area is 80.3 Å². The molecule has 0 aromatic heterocycles. The lowest BCUT2D eigenvalue weighted by Crippen LogP contribution is -1.85. The normalized spacial score (nSPS) is 9.85. The van der Waals surface area contributed by atoms with Gasteiger partial charge in [0.05, 0.1) is 0 Å². The Hall–Kier alpha value is -1.56. The third-order valence-corrected chi connectivity index (χ3v) is 2.04. The van der Waals surface area contributed by atoms with Gasteiger partial charge in [-0.1, -0.05) is 54.6 Å². The van der Waals surface area contributed by atoms with E-state index in [4.69, 9.17) is 0 Å². The summed E-state index contributed by atoms with van der Waals surface area (Å²) in [6, 6.07) is 21.6. The molecule has 0 N–H and O–H groups in total. The summed E-state index contributed by atoms with van der Waals surface area (Å²) in [6.45, 7) is 0. The Morgan fingerprint density at radius 1 is 0.846 bits per heavy atom. The molecule has 0 aliphatic rings. The van der Waals surface area contributed by atoms with Gasteiger partial charge in [0.2, 0.25) is 0 Å². The van der Waals surface area contributed by atoms with Gasteiger partial charge in [0, 0.05) is 0 Å². The maximum atomic E-state index is 3.02. The lowest BCUT2D eigenvalue weighted by atomic mass is 10.1. The number of benzene rings is 2. The maximum Gasteiger partial charge on any atom is 1.00 e. The Morgan fingerprint density at radius 2 is 1.46 bits per heavy atom. The molecule has 2 rings (SSSR count). The fourth-order valence-electron chi connectivity index (χ4n) is 1.37. The minimum absolute atomic E-state index is 0. The van der Waals surface area contributed by atoms with E-state index in [9.17, 15) is 0 Å². The Morgan fingerprint density at radius 3 is 2.15 bits per heavy atom. The second-order valence-corrected chi connectivity index (χ2v) is 3.07. The van der Waals surface area contributed by atoms with Crippen molar-refractivity contribution in [1.29, 1.82) is 0 Å². The molecule has 0 atom stereocenters. The van der Waals surface area contributed by atoms with E-state index < -0.39 is 0 Å². The summed E-state index contributed by atoms with van der Waals surface area (Å²) in [5.41, 5.74) is 2.69. The van der Waals surface area contributed by atoms with Crippen LogP contribution in [0.15, 0.2) is 54.6 Å². The second-order valence-electron chi connectivity index (χ2n) is 3.07. The first-order valence-electron chi connectivity index (χ1n) is 4.44. The minimum atomic E-state index is 0. The minimum Gasteiger partial charge on any atom is -0.0622 e. The molecule has 0 unspecified atom stereocenters. The molecule has 0 nitrogen and oxygen atoms in total. The van der Waals surface area contributed by atoms with Crippen LogP contribution in [0.3, 0.4) is 0 Å². The average molecular weight is 168 g/mol. The van der Waals surface area contributed by atoms with Crippen molar-refractivity contribution >= 4 is 0 Å². The fourth-order valence-corrected chi connectivity index (χ4v) is 1.37. The van der Waals surface area contributed by atoms with Gasteiger partial charge >= 0.3 is 1.43 Å². The van der Waals surface area contributed by atoms with Gasteiger partial charge in [-0.2, -0.15) is 0 Å². The van der Waals surface area contributed by atoms with Gasteiger partial charge in [-0.3, -0.25) is 0 Å². The highest BCUT2D eigenvalue weighted by Gasteiger charge is 1.92. The second kappa shape index (κ2) is 3.90. The van der Waals surface area contributed by atoms with E-state index >= 15 is 0 Å². The molecule has 13 heavy (non-hydrogen) atoms. The molecule has 0 aliphatic heterocycles. The highest BCUT2D eigenvalue weighted by Crippen LogP contribution is 2.07. The van der Waals surface area contributed by atoms with E-state index in [0.29, 0.717) is 0 Å². The van der Waals surface area contributed by atoms with E-state index in [0.717, 1.165) is 6.42 Å². The zero-order valence-corrected chi connectivity index (χ0v) is 7.40. The largest absolute Gasteiger partial charge is 1.00 e. The van der Waals surface area contributed by atoms with Crippen molar-refractivity contribution in [3.8, 4) is 0 Å². The standard InChI is InChI=1S/C13H11/c1-3-7-12(8-4-1)11-13-9-5-2-6-10-13/h1,3-10H,11H2/p+1. The van der Waals surface area contributed by atoms with Crippen LogP contribution in [-0.4, -0.2) is 0 Å². The average Bonchev–Trinajstić information content (AvgIpc) is 2.21. The summed E-state index contributed by atoms with van der Waals surface area (Å²) in [7, 11) is 0. The molecule has 1 radical (unpaired) electrons. The van der Waals surface area contributed by atoms with Crippen molar-refractivity contribution in [2.75, 3.05) is 0 Å². The molecule has 2 aromatic rings. The predicted octanol–water partition coefficient (Wildman–Crippen LogP) is 3.19. The summed E-state index contributed by atoms with van der Waals surface area (Å²) >= 11 is 0. The van der Waals surface area contributed by atoms with Crippen LogP contribution in [0.4, 0.5) is 0 Å². The van der Waals surface area contributed by atoms with Gasteiger partial charge in [-0.15, -0.1) is 0 Å². The van der Waals surface area contributed by atoms with E-state index in [1.807, 2.05) is 18.2 Å². The molecule has 0 saturated heterocycles. The van der Waals surface area contributed by atoms with Gasteiger partial charge in [-0.25, -0.2) is 0 Å². The quantitative estimate of drug-likeness (QED) is 0.646. The molecule has 0 heteroatoms. The third-order valence-electron chi connectivity index (χ3n) is 2.04. The number of rotatable bonds is 2. The van der Waals surface area contributed by atoms with E-state index in [1.165, 1.54) is 11.1 Å². The molecule has 63 valence electrons. The van der Waals surface area contributed by atoms with Gasteiger partial charge < -0.3 is 0 Å². The van der Waals surface area contributed by atoms with Crippen LogP contribution in [0.1, 0.15) is 12.6 Å². The van der Waals surface area contributed by atoms with Crippen molar-refractivity contribution in [2.45, 2.75) is 6.42 Å². The monoisotopic (exact) mass is 168 g/mol. The SMILES string of the molecule is [H+].[c]1ccc(Cc2ccccc2)cc1. The van der Waals surface area contributed by atoms with Gasteiger partial charge in [0.15, 0.2) is 0 Å². The first-order chi connectivity index (χ1) is 6.45. The Kier molecular flexibility index (Phi) is 2.42. The molecule has 0 fully saturated rings. The Balaban J connectivity index is 0.000000980. The van der Waals surface area contributed by atoms with E-state index in [-0.39, 0.29) is 1.43 Å². The number of hydrogen-bond acceptors (Lipinski definition) is 0. The fraction of sp³-hybridized carbons (Fsp3) is 0.0769. The van der Waals surface area contributed by atoms with Gasteiger partial charge in [0.1, 0.15) is 0 Å². The molecular formula is C13H12+. The van der Waals surface area contributed by atoms with Crippen LogP contribution in [0, 0.1) is 6.07 Å². The van der Waals surface area contributed by atoms with Crippen LogP contribution in [0.25, 0.3) is 0 Å². The highest BCUT2D eigenvalue weighted by atomic mass is 14.0. The molecule has 0 amide bonds. The lowest BCUT2D eigenvalue weighted by molar-refractivity contribution is 1.19. The highest BCUT2D eigenvalue weighted by molar-refractivity contribution is 5.25. The summed E-state index contributed by atoms with van der Waals surface area (Å²) in [6.07, 6.45) is 1.01. The number of hydrogen-bond donors (Lipinski definition) is 0. The van der Waals surface area contributed by atoms with Crippen molar-refractivity contribution in [3.05, 3.63) is 71.8 Å². The van der Waals surface area contributed by atoms with Crippen LogP contribution in [0.5, 0.6) is 0 Å². The first kappa shape index (κ1) is 8.06. The molecule has 0 aliphatic carbocycles. The van der Waals surface area contributed by atoms with Crippen LogP contribution in [0.2, 0.25) is 0 Å². The van der Waals surface area contributed by atoms with Crippen molar-refractivity contribution in [1.82, 2.24) is 0 Å². The van der Waals surface area contributed by atoms with Crippen molar-refractivity contribution in [3.63, 3.8) is 0 Å². The van der Waals surface area contributed by atoms with Crippen molar-refractivity contribution < 1.29 is 1.43 Å². The summed E-state index contributed by atoms with van der Waals surface area (Å²) < 4.78 is 0. The van der Waals surface area contributed by atoms with Gasteiger partial charge in [-0.05, 0) is 23.6 Å². The topological polar surface area (TPSA) is 0 Å². The van der Waals surface area contributed by atoms with Crippen LogP contribution in [-0.2, 0) is 6.42 Å². The molecule has 0 heterocycles. The predicted molar refractivity (Wildman–Crippen MR) is 55.6 cm³/mol. The molecular weight excluding hydrogens is 156 g/mol. The third kappa shape index (κ3) is 2.19. The molecule has 2 aromatic carbocycles. The van der Waals surface area contributed by atoms with Crippen LogP contribution >= 0.6 is 0 Å². The van der Waals surface area contributed by atoms with Crippen LogP contribution < -0.4 is 0 Å². The molecule has 0 spiro atoms. The van der Waals surface area contributed by atoms with Crippen molar-refractivity contribution in [2.24, 2.45) is 0 Å². The zero-order chi connectivity index (χ0) is 8.93. The summed E-state index contributed by atoms with van der Waals surface area (Å²) in [5.74, 6) is 0. The Bertz CT molecular complexity index is 316. The van der Waals surface area contributed by atoms with E-state index in [2.05, 4.69) is 42.5 Å².